The van der Waals surface area contributed by atoms with E-state index < -0.39 is 0 Å². The van der Waals surface area contributed by atoms with E-state index in [-0.39, 0.29) is 0 Å². The van der Waals surface area contributed by atoms with Gasteiger partial charge in [0.05, 0.1) is 11.4 Å². The van der Waals surface area contributed by atoms with Gasteiger partial charge in [-0.25, -0.2) is 0 Å². The van der Waals surface area contributed by atoms with Crippen molar-refractivity contribution in [2.75, 3.05) is 0 Å². The molecule has 2 heteroatoms. The maximum Gasteiger partial charge on any atom is 0.0844 e. The number of fused-ring (bicyclic) bond motifs is 1. The Hall–Kier alpha value is -1.18. The highest BCUT2D eigenvalue weighted by molar-refractivity contribution is 5.51. The topological polar surface area (TPSA) is 25.8 Å². The molecule has 1 aromatic rings. The van der Waals surface area contributed by atoms with Crippen LogP contribution in [0.2, 0.25) is 0 Å². The summed E-state index contributed by atoms with van der Waals surface area (Å²) in [6.45, 7) is 3.91. The second-order valence-electron chi connectivity index (χ2n) is 2.95. The molecule has 0 N–H and O–H groups in total. The van der Waals surface area contributed by atoms with Crippen molar-refractivity contribution in [3.05, 3.63) is 36.8 Å². The first-order valence-corrected chi connectivity index (χ1v) is 4.18. The fourth-order valence-corrected chi connectivity index (χ4v) is 1.51. The summed E-state index contributed by atoms with van der Waals surface area (Å²) >= 11 is 0. The highest BCUT2D eigenvalue weighted by Gasteiger charge is 2.16. The van der Waals surface area contributed by atoms with Gasteiger partial charge >= 0.3 is 0 Å². The molecule has 1 radical (unpaired) electrons. The minimum Gasteiger partial charge on any atom is -0.257 e. The van der Waals surface area contributed by atoms with Crippen molar-refractivity contribution in [1.82, 2.24) is 9.97 Å². The van der Waals surface area contributed by atoms with Gasteiger partial charge in [0.15, 0.2) is 0 Å². The van der Waals surface area contributed by atoms with Gasteiger partial charge in [-0.05, 0) is 18.9 Å². The Balaban J connectivity index is 2.45. The van der Waals surface area contributed by atoms with Crippen molar-refractivity contribution < 1.29 is 0 Å². The van der Waals surface area contributed by atoms with Crippen LogP contribution in [0.25, 0.3) is 6.08 Å². The van der Waals surface area contributed by atoms with E-state index in [9.17, 15) is 0 Å². The Kier molecular flexibility index (Phi) is 1.90. The van der Waals surface area contributed by atoms with Gasteiger partial charge in [-0.3, -0.25) is 9.97 Å². The lowest BCUT2D eigenvalue weighted by atomic mass is 9.92. The fourth-order valence-electron chi connectivity index (χ4n) is 1.51. The van der Waals surface area contributed by atoms with Crippen molar-refractivity contribution in [2.45, 2.75) is 18.8 Å². The first kappa shape index (κ1) is 7.47. The van der Waals surface area contributed by atoms with E-state index >= 15 is 0 Å². The molecule has 2 rings (SSSR count). The van der Waals surface area contributed by atoms with Crippen LogP contribution in [-0.2, 0) is 0 Å². The van der Waals surface area contributed by atoms with E-state index in [2.05, 4.69) is 23.0 Å². The third-order valence-electron chi connectivity index (χ3n) is 2.19. The number of hydrogen-bond acceptors (Lipinski definition) is 2. The first-order valence-electron chi connectivity index (χ1n) is 4.18. The standard InChI is InChI=1S/C10H11N2/c1-2-8-4-3-5-9-10(8)12-7-6-11-9/h3,5-8H,1-2,4H2. The van der Waals surface area contributed by atoms with Crippen molar-refractivity contribution >= 4 is 6.08 Å². The number of allylic oxidation sites excluding steroid dienone is 1. The zero-order valence-corrected chi connectivity index (χ0v) is 6.90. The van der Waals surface area contributed by atoms with Gasteiger partial charge in [-0.2, -0.15) is 0 Å². The highest BCUT2D eigenvalue weighted by atomic mass is 14.8. The summed E-state index contributed by atoms with van der Waals surface area (Å²) in [5.74, 6) is 0.471. The highest BCUT2D eigenvalue weighted by Crippen LogP contribution is 2.28. The Morgan fingerprint density at radius 2 is 2.25 bits per heavy atom. The van der Waals surface area contributed by atoms with Crippen LogP contribution >= 0.6 is 0 Å². The van der Waals surface area contributed by atoms with E-state index in [1.54, 1.807) is 12.4 Å². The summed E-state index contributed by atoms with van der Waals surface area (Å²) < 4.78 is 0. The quantitative estimate of drug-likeness (QED) is 0.627. The number of hydrogen-bond donors (Lipinski definition) is 0. The van der Waals surface area contributed by atoms with E-state index in [0.29, 0.717) is 5.92 Å². The zero-order valence-electron chi connectivity index (χ0n) is 6.90. The fraction of sp³-hybridized carbons (Fsp3) is 0.300. The molecule has 1 aliphatic carbocycles. The van der Waals surface area contributed by atoms with E-state index in [1.165, 1.54) is 0 Å². The summed E-state index contributed by atoms with van der Waals surface area (Å²) in [5, 5.41) is 0. The average Bonchev–Trinajstić information content (AvgIpc) is 2.17. The molecule has 1 atom stereocenters. The van der Waals surface area contributed by atoms with Gasteiger partial charge in [0.1, 0.15) is 0 Å². The second-order valence-corrected chi connectivity index (χ2v) is 2.95. The third kappa shape index (κ3) is 1.13. The minimum atomic E-state index is 0.471. The lowest BCUT2D eigenvalue weighted by Crippen LogP contribution is -2.06. The Morgan fingerprint density at radius 3 is 3.08 bits per heavy atom. The molecule has 0 fully saturated rings. The van der Waals surface area contributed by atoms with Crippen molar-refractivity contribution in [1.29, 1.82) is 0 Å². The molecular weight excluding hydrogens is 148 g/mol. The lowest BCUT2D eigenvalue weighted by Gasteiger charge is -2.17. The minimum absolute atomic E-state index is 0.471. The lowest BCUT2D eigenvalue weighted by molar-refractivity contribution is 0.671. The van der Waals surface area contributed by atoms with Crippen LogP contribution in [0.5, 0.6) is 0 Å². The van der Waals surface area contributed by atoms with E-state index in [1.807, 2.05) is 6.08 Å². The van der Waals surface area contributed by atoms with Gasteiger partial charge in [0, 0.05) is 18.3 Å². The molecule has 0 aliphatic heterocycles. The van der Waals surface area contributed by atoms with Crippen LogP contribution < -0.4 is 0 Å². The molecule has 1 heterocycles. The summed E-state index contributed by atoms with van der Waals surface area (Å²) in [4.78, 5) is 8.56. The number of rotatable bonds is 1. The summed E-state index contributed by atoms with van der Waals surface area (Å²) in [6.07, 6.45) is 9.61. The molecule has 61 valence electrons. The molecule has 0 spiro atoms. The molecule has 1 aliphatic rings. The molecule has 0 bridgehead atoms. The SMILES string of the molecule is [CH2]CC1CC=Cc2nccnc21. The predicted octanol–water partition coefficient (Wildman–Crippen LogP) is 2.20. The zero-order chi connectivity index (χ0) is 8.39. The third-order valence-corrected chi connectivity index (χ3v) is 2.19. The molecule has 1 aromatic heterocycles. The monoisotopic (exact) mass is 159 g/mol. The Morgan fingerprint density at radius 1 is 1.42 bits per heavy atom. The molecule has 0 amide bonds. The molecule has 1 unspecified atom stereocenters. The van der Waals surface area contributed by atoms with Crippen molar-refractivity contribution in [2.24, 2.45) is 0 Å². The average molecular weight is 159 g/mol. The van der Waals surface area contributed by atoms with Crippen molar-refractivity contribution in [3.63, 3.8) is 0 Å². The molecule has 0 saturated heterocycles. The predicted molar refractivity (Wildman–Crippen MR) is 48.4 cm³/mol. The van der Waals surface area contributed by atoms with Crippen LogP contribution in [0.3, 0.4) is 0 Å². The summed E-state index contributed by atoms with van der Waals surface area (Å²) in [7, 11) is 0. The van der Waals surface area contributed by atoms with E-state index in [0.717, 1.165) is 24.2 Å². The maximum atomic E-state index is 4.32. The normalized spacial score (nSPS) is 20.6. The Labute approximate surface area is 72.4 Å². The molecular formula is C10H11N2. The van der Waals surface area contributed by atoms with Gasteiger partial charge < -0.3 is 0 Å². The van der Waals surface area contributed by atoms with Gasteiger partial charge in [-0.15, -0.1) is 0 Å². The molecule has 0 saturated carbocycles. The first-order chi connectivity index (χ1) is 5.92. The van der Waals surface area contributed by atoms with Gasteiger partial charge in [0.25, 0.3) is 0 Å². The van der Waals surface area contributed by atoms with Crippen LogP contribution in [0.1, 0.15) is 30.1 Å². The maximum absolute atomic E-state index is 4.32. The number of aromatic nitrogens is 2. The second kappa shape index (κ2) is 3.05. The smallest absolute Gasteiger partial charge is 0.0844 e. The van der Waals surface area contributed by atoms with Crippen LogP contribution in [0.4, 0.5) is 0 Å². The molecule has 2 nitrogen and oxygen atoms in total. The van der Waals surface area contributed by atoms with Gasteiger partial charge in [0.2, 0.25) is 0 Å². The van der Waals surface area contributed by atoms with Crippen LogP contribution in [-0.4, -0.2) is 9.97 Å². The largest absolute Gasteiger partial charge is 0.257 e. The van der Waals surface area contributed by atoms with Gasteiger partial charge in [-0.1, -0.05) is 13.0 Å². The van der Waals surface area contributed by atoms with Crippen LogP contribution in [0.15, 0.2) is 18.5 Å². The van der Waals surface area contributed by atoms with Crippen LogP contribution in [0, 0.1) is 6.92 Å². The van der Waals surface area contributed by atoms with Crippen molar-refractivity contribution in [3.8, 4) is 0 Å². The summed E-state index contributed by atoms with van der Waals surface area (Å²) in [6, 6.07) is 0. The number of nitrogens with zero attached hydrogens (tertiary/aromatic N) is 2. The molecule has 12 heavy (non-hydrogen) atoms. The Bertz CT molecular complexity index is 304. The van der Waals surface area contributed by atoms with E-state index in [4.69, 9.17) is 0 Å². The molecule has 0 aromatic carbocycles. The summed E-state index contributed by atoms with van der Waals surface area (Å²) in [5.41, 5.74) is 2.12.